The highest BCUT2D eigenvalue weighted by atomic mass is 32.2. The highest BCUT2D eigenvalue weighted by molar-refractivity contribution is 8.03. The van der Waals surface area contributed by atoms with Gasteiger partial charge < -0.3 is 0 Å². The Morgan fingerprint density at radius 2 is 1.43 bits per heavy atom. The van der Waals surface area contributed by atoms with E-state index in [1.807, 2.05) is 46.8 Å². The zero-order chi connectivity index (χ0) is 24.1. The van der Waals surface area contributed by atoms with Gasteiger partial charge >= 0.3 is 0 Å². The molecule has 30 heavy (non-hydrogen) atoms. The number of allylic oxidation sites excluding steroid dienone is 8. The van der Waals surface area contributed by atoms with Crippen LogP contribution in [0.25, 0.3) is 0 Å². The van der Waals surface area contributed by atoms with E-state index in [1.54, 1.807) is 11.8 Å². The fourth-order valence-corrected chi connectivity index (χ4v) is 3.03. The molecule has 1 aromatic carbocycles. The molecule has 1 rings (SSSR count). The van der Waals surface area contributed by atoms with Gasteiger partial charge in [-0.3, -0.25) is 0 Å². The third-order valence-electron chi connectivity index (χ3n) is 3.70. The molecule has 0 radical (unpaired) electrons. The van der Waals surface area contributed by atoms with Gasteiger partial charge in [-0.05, 0) is 58.2 Å². The molecule has 0 aliphatic rings. The van der Waals surface area contributed by atoms with Gasteiger partial charge in [0.25, 0.3) is 0 Å². The minimum Gasteiger partial charge on any atom is -0.0988 e. The van der Waals surface area contributed by atoms with Crippen molar-refractivity contribution in [2.45, 2.75) is 80.6 Å². The van der Waals surface area contributed by atoms with Crippen molar-refractivity contribution >= 4 is 11.8 Å². The molecule has 0 saturated heterocycles. The van der Waals surface area contributed by atoms with E-state index in [2.05, 4.69) is 90.8 Å². The molecule has 0 spiro atoms. The lowest BCUT2D eigenvalue weighted by Gasteiger charge is -2.07. The molecule has 0 fully saturated rings. The van der Waals surface area contributed by atoms with Crippen molar-refractivity contribution in [3.05, 3.63) is 101 Å². The molecular formula is C29H46S. The molecule has 1 heteroatoms. The maximum Gasteiger partial charge on any atom is 0.0151 e. The topological polar surface area (TPSA) is 0 Å². The molecule has 0 atom stereocenters. The summed E-state index contributed by atoms with van der Waals surface area (Å²) in [6, 6.07) is 8.35. The average molecular weight is 427 g/mol. The van der Waals surface area contributed by atoms with Gasteiger partial charge in [0.2, 0.25) is 0 Å². The lowest BCUT2D eigenvalue weighted by atomic mass is 10.1. The van der Waals surface area contributed by atoms with Gasteiger partial charge in [-0.25, -0.2) is 0 Å². The molecule has 0 N–H and O–H groups in total. The number of hydrogen-bond donors (Lipinski definition) is 0. The first-order valence-corrected chi connectivity index (χ1v) is 11.8. The number of thioether (sulfide) groups is 1. The van der Waals surface area contributed by atoms with Crippen molar-refractivity contribution in [2.24, 2.45) is 0 Å². The van der Waals surface area contributed by atoms with Crippen LogP contribution in [0.1, 0.15) is 74.3 Å². The Morgan fingerprint density at radius 1 is 0.900 bits per heavy atom. The van der Waals surface area contributed by atoms with E-state index in [9.17, 15) is 0 Å². The second-order valence-corrected chi connectivity index (χ2v) is 7.49. The van der Waals surface area contributed by atoms with Crippen LogP contribution in [-0.2, 0) is 0 Å². The predicted molar refractivity (Wildman–Crippen MR) is 145 cm³/mol. The van der Waals surface area contributed by atoms with Gasteiger partial charge in [0.15, 0.2) is 0 Å². The van der Waals surface area contributed by atoms with E-state index in [0.717, 1.165) is 12.0 Å². The molecule has 0 bridgehead atoms. The molecule has 0 aliphatic heterocycles. The third kappa shape index (κ3) is 16.9. The Hall–Kier alpha value is -1.99. The van der Waals surface area contributed by atoms with E-state index in [0.29, 0.717) is 0 Å². The summed E-state index contributed by atoms with van der Waals surface area (Å²) < 4.78 is 0. The Labute approximate surface area is 193 Å². The van der Waals surface area contributed by atoms with Crippen LogP contribution in [0.2, 0.25) is 0 Å². The lowest BCUT2D eigenvalue weighted by Crippen LogP contribution is -1.81. The van der Waals surface area contributed by atoms with Gasteiger partial charge in [-0.15, -0.1) is 0 Å². The summed E-state index contributed by atoms with van der Waals surface area (Å²) in [5.41, 5.74) is 6.27. The summed E-state index contributed by atoms with van der Waals surface area (Å²) in [5, 5.41) is 0. The Kier molecular flexibility index (Phi) is 23.6. The third-order valence-corrected chi connectivity index (χ3v) is 5.09. The van der Waals surface area contributed by atoms with Crippen LogP contribution < -0.4 is 0 Å². The van der Waals surface area contributed by atoms with E-state index in [1.165, 1.54) is 32.1 Å². The molecule has 0 amide bonds. The van der Waals surface area contributed by atoms with Gasteiger partial charge in [0.1, 0.15) is 0 Å². The number of benzene rings is 1. The fraction of sp³-hybridized carbons (Fsp3) is 0.379. The molecule has 0 heterocycles. The van der Waals surface area contributed by atoms with E-state index in [-0.39, 0.29) is 0 Å². The normalized spacial score (nSPS) is 11.3. The minimum atomic E-state index is 1.11. The molecule has 168 valence electrons. The monoisotopic (exact) mass is 426 g/mol. The first-order chi connectivity index (χ1) is 14.2. The molecule has 1 aromatic rings. The van der Waals surface area contributed by atoms with Crippen LogP contribution in [0.15, 0.2) is 100 Å². The lowest BCUT2D eigenvalue weighted by molar-refractivity contribution is 1.09. The molecule has 0 unspecified atom stereocenters. The summed E-state index contributed by atoms with van der Waals surface area (Å²) in [6.45, 7) is 32.0. The van der Waals surface area contributed by atoms with Crippen molar-refractivity contribution in [2.75, 3.05) is 0 Å². The van der Waals surface area contributed by atoms with Crippen LogP contribution in [0.3, 0.4) is 0 Å². The second-order valence-electron chi connectivity index (χ2n) is 6.40. The van der Waals surface area contributed by atoms with E-state index >= 15 is 0 Å². The highest BCUT2D eigenvalue weighted by Crippen LogP contribution is 2.31. The molecule has 0 aromatic heterocycles. The summed E-state index contributed by atoms with van der Waals surface area (Å²) in [4.78, 5) is 2.44. The number of rotatable bonds is 7. The van der Waals surface area contributed by atoms with Crippen molar-refractivity contribution in [1.82, 2.24) is 0 Å². The van der Waals surface area contributed by atoms with Crippen molar-refractivity contribution in [3.63, 3.8) is 0 Å². The largest absolute Gasteiger partial charge is 0.0988 e. The molecule has 0 nitrogen and oxygen atoms in total. The summed E-state index contributed by atoms with van der Waals surface area (Å²) in [6.07, 6.45) is 9.17. The number of aryl methyl sites for hydroxylation is 1. The van der Waals surface area contributed by atoms with Crippen molar-refractivity contribution in [3.8, 4) is 0 Å². The number of hydrogen-bond acceptors (Lipinski definition) is 1. The standard InChI is InChI=1S/C14H16S.C11H18.2C2H6/c1-5-11(3)13(6-2)15-14-10-8-7-9-12(14)4;1-6-10(4)8-11(5)7-9(2)3;2*1-2/h5-10H,1-2H2,3-4H3;7-8H,2,6H2,1,3-5H3;2*1-2H3/b13-11+;10-8-,11-7-;;. The predicted octanol–water partition coefficient (Wildman–Crippen LogP) is 10.7. The quantitative estimate of drug-likeness (QED) is 0.308. The van der Waals surface area contributed by atoms with Crippen LogP contribution in [0.4, 0.5) is 0 Å². The van der Waals surface area contributed by atoms with Crippen LogP contribution >= 0.6 is 11.8 Å². The first-order valence-electron chi connectivity index (χ1n) is 10.9. The molecule has 0 saturated carbocycles. The zero-order valence-corrected chi connectivity index (χ0v) is 22.2. The second kappa shape index (κ2) is 21.7. The molecule has 0 aliphatic carbocycles. The maximum absolute atomic E-state index is 3.83. The average Bonchev–Trinajstić information content (AvgIpc) is 2.75. The van der Waals surface area contributed by atoms with Crippen LogP contribution in [0, 0.1) is 6.92 Å². The Balaban J connectivity index is -0.000000431. The van der Waals surface area contributed by atoms with E-state index < -0.39 is 0 Å². The van der Waals surface area contributed by atoms with Crippen molar-refractivity contribution in [1.29, 1.82) is 0 Å². The molecular weight excluding hydrogens is 380 g/mol. The highest BCUT2D eigenvalue weighted by Gasteiger charge is 2.02. The minimum absolute atomic E-state index is 1.11. The first kappa shape index (κ1) is 32.7. The Morgan fingerprint density at radius 3 is 1.83 bits per heavy atom. The van der Waals surface area contributed by atoms with Gasteiger partial charge in [-0.2, -0.15) is 0 Å². The summed E-state index contributed by atoms with van der Waals surface area (Å²) in [7, 11) is 0. The zero-order valence-electron chi connectivity index (χ0n) is 21.4. The van der Waals surface area contributed by atoms with Gasteiger partial charge in [-0.1, -0.05) is 125 Å². The SMILES string of the molecule is C=C(C)/C=C(C)\C=C(\C)CC.C=C/C(C)=C(\C=C)Sc1ccccc1C.CC.CC. The fourth-order valence-electron chi connectivity index (χ4n) is 2.09. The van der Waals surface area contributed by atoms with Crippen LogP contribution in [0.5, 0.6) is 0 Å². The maximum atomic E-state index is 3.83. The van der Waals surface area contributed by atoms with Crippen molar-refractivity contribution < 1.29 is 0 Å². The summed E-state index contributed by atoms with van der Waals surface area (Å²) >= 11 is 1.74. The summed E-state index contributed by atoms with van der Waals surface area (Å²) in [5.74, 6) is 0. The van der Waals surface area contributed by atoms with Gasteiger partial charge in [0, 0.05) is 9.80 Å². The Bertz CT molecular complexity index is 712. The van der Waals surface area contributed by atoms with Gasteiger partial charge in [0.05, 0.1) is 0 Å². The van der Waals surface area contributed by atoms with E-state index in [4.69, 9.17) is 0 Å². The smallest absolute Gasteiger partial charge is 0.0151 e. The van der Waals surface area contributed by atoms with Crippen LogP contribution in [-0.4, -0.2) is 0 Å².